The fourth-order valence-corrected chi connectivity index (χ4v) is 4.32. The summed E-state index contributed by atoms with van der Waals surface area (Å²) in [5, 5.41) is 0. The van der Waals surface area contributed by atoms with Gasteiger partial charge in [0.05, 0.1) is 0 Å². The van der Waals surface area contributed by atoms with Crippen molar-refractivity contribution in [3.8, 4) is 0 Å². The Morgan fingerprint density at radius 3 is 2.39 bits per heavy atom. The first-order valence-corrected chi connectivity index (χ1v) is 10.3. The van der Waals surface area contributed by atoms with Gasteiger partial charge in [0.1, 0.15) is 0 Å². The number of hydrogen-bond donors (Lipinski definition) is 0. The van der Waals surface area contributed by atoms with Gasteiger partial charge >= 0.3 is 0 Å². The van der Waals surface area contributed by atoms with Crippen LogP contribution in [0.25, 0.3) is 0 Å². The summed E-state index contributed by atoms with van der Waals surface area (Å²) in [6.45, 7) is 5.83. The molecule has 1 aliphatic carbocycles. The summed E-state index contributed by atoms with van der Waals surface area (Å²) in [5.74, 6) is -0.716. The third-order valence-corrected chi connectivity index (χ3v) is 5.95. The summed E-state index contributed by atoms with van der Waals surface area (Å²) in [6.07, 6.45) is 4.48. The molecule has 0 atom stereocenters. The third kappa shape index (κ3) is 4.17. The van der Waals surface area contributed by atoms with E-state index in [0.29, 0.717) is 18.7 Å². The summed E-state index contributed by atoms with van der Waals surface area (Å²) >= 11 is 0. The van der Waals surface area contributed by atoms with Gasteiger partial charge in [0.2, 0.25) is 5.78 Å². The number of fused-ring (bicyclic) bond motifs is 1. The Morgan fingerprint density at radius 1 is 0.893 bits per heavy atom. The van der Waals surface area contributed by atoms with Crippen LogP contribution in [0.2, 0.25) is 0 Å². The maximum atomic E-state index is 12.7. The van der Waals surface area contributed by atoms with Crippen molar-refractivity contribution < 1.29 is 9.59 Å². The number of nitrogens with zero attached hydrogens (tertiary/aromatic N) is 2. The van der Waals surface area contributed by atoms with Crippen molar-refractivity contribution in [2.75, 3.05) is 26.2 Å². The van der Waals surface area contributed by atoms with Gasteiger partial charge in [0, 0.05) is 38.3 Å². The monoisotopic (exact) mass is 376 g/mol. The molecule has 0 radical (unpaired) electrons. The van der Waals surface area contributed by atoms with Gasteiger partial charge in [-0.25, -0.2) is 0 Å². The van der Waals surface area contributed by atoms with E-state index >= 15 is 0 Å². The van der Waals surface area contributed by atoms with Crippen molar-refractivity contribution in [2.24, 2.45) is 0 Å². The Morgan fingerprint density at radius 2 is 1.64 bits per heavy atom. The van der Waals surface area contributed by atoms with Crippen LogP contribution >= 0.6 is 0 Å². The van der Waals surface area contributed by atoms with Crippen molar-refractivity contribution in [3.63, 3.8) is 0 Å². The van der Waals surface area contributed by atoms with Crippen molar-refractivity contribution in [1.29, 1.82) is 0 Å². The first-order chi connectivity index (χ1) is 13.6. The Kier molecular flexibility index (Phi) is 5.58. The van der Waals surface area contributed by atoms with E-state index in [1.807, 2.05) is 18.2 Å². The number of Topliss-reactive ketones (excluding diaryl/α,β-unsaturated/α-hetero) is 1. The minimum atomic E-state index is -0.361. The molecule has 1 fully saturated rings. The van der Waals surface area contributed by atoms with Gasteiger partial charge < -0.3 is 4.90 Å². The second kappa shape index (κ2) is 8.27. The quantitative estimate of drug-likeness (QED) is 0.607. The van der Waals surface area contributed by atoms with E-state index in [1.54, 1.807) is 4.90 Å². The number of rotatable bonds is 4. The third-order valence-electron chi connectivity index (χ3n) is 5.95. The molecule has 4 rings (SSSR count). The molecule has 0 spiro atoms. The minimum Gasteiger partial charge on any atom is -0.333 e. The average molecular weight is 377 g/mol. The number of amides is 1. The molecule has 4 nitrogen and oxygen atoms in total. The zero-order valence-corrected chi connectivity index (χ0v) is 16.6. The molecule has 2 aliphatic rings. The molecule has 0 N–H and O–H groups in total. The van der Waals surface area contributed by atoms with Crippen LogP contribution in [0.5, 0.6) is 0 Å². The fraction of sp³-hybridized carbons (Fsp3) is 0.417. The standard InChI is InChI=1S/C24H28N2O2/c1-18-5-4-6-19(15-18)17-25-11-13-26(14-12-25)24(28)23(27)22-10-9-20-7-2-3-8-21(20)16-22/h4-6,9-10,15-16H,2-3,7-8,11-14,17H2,1H3. The molecular weight excluding hydrogens is 348 g/mol. The van der Waals surface area contributed by atoms with Crippen molar-refractivity contribution >= 4 is 11.7 Å². The lowest BCUT2D eigenvalue weighted by Crippen LogP contribution is -2.50. The van der Waals surface area contributed by atoms with Gasteiger partial charge in [0.15, 0.2) is 0 Å². The molecule has 1 aliphatic heterocycles. The van der Waals surface area contributed by atoms with Gasteiger partial charge in [-0.1, -0.05) is 42.0 Å². The van der Waals surface area contributed by atoms with Crippen molar-refractivity contribution in [3.05, 3.63) is 70.3 Å². The zero-order chi connectivity index (χ0) is 19.5. The smallest absolute Gasteiger partial charge is 0.295 e. The zero-order valence-electron chi connectivity index (χ0n) is 16.6. The van der Waals surface area contributed by atoms with Crippen LogP contribution < -0.4 is 0 Å². The molecule has 0 unspecified atom stereocenters. The van der Waals surface area contributed by atoms with Crippen LogP contribution in [0.1, 0.15) is 45.5 Å². The lowest BCUT2D eigenvalue weighted by molar-refractivity contribution is -0.128. The van der Waals surface area contributed by atoms with Gasteiger partial charge in [-0.3, -0.25) is 14.5 Å². The van der Waals surface area contributed by atoms with E-state index in [0.717, 1.165) is 32.5 Å². The van der Waals surface area contributed by atoms with Gasteiger partial charge in [0.25, 0.3) is 5.91 Å². The van der Waals surface area contributed by atoms with Crippen LogP contribution in [0, 0.1) is 6.92 Å². The molecule has 1 saturated heterocycles. The average Bonchev–Trinajstić information content (AvgIpc) is 2.73. The second-order valence-corrected chi connectivity index (χ2v) is 8.08. The van der Waals surface area contributed by atoms with E-state index in [4.69, 9.17) is 0 Å². The van der Waals surface area contributed by atoms with Crippen molar-refractivity contribution in [1.82, 2.24) is 9.80 Å². The molecule has 0 saturated carbocycles. The Balaban J connectivity index is 1.35. The molecule has 2 aromatic rings. The van der Waals surface area contributed by atoms with E-state index in [2.05, 4.69) is 36.1 Å². The molecule has 1 heterocycles. The first-order valence-electron chi connectivity index (χ1n) is 10.3. The lowest BCUT2D eigenvalue weighted by Gasteiger charge is -2.34. The van der Waals surface area contributed by atoms with E-state index in [9.17, 15) is 9.59 Å². The highest BCUT2D eigenvalue weighted by molar-refractivity contribution is 6.42. The highest BCUT2D eigenvalue weighted by Crippen LogP contribution is 2.23. The van der Waals surface area contributed by atoms with Crippen LogP contribution in [0.3, 0.4) is 0 Å². The Labute approximate surface area is 167 Å². The van der Waals surface area contributed by atoms with E-state index < -0.39 is 0 Å². The largest absolute Gasteiger partial charge is 0.333 e. The highest BCUT2D eigenvalue weighted by Gasteiger charge is 2.27. The number of piperazine rings is 1. The number of aryl methyl sites for hydroxylation is 3. The van der Waals surface area contributed by atoms with Crippen molar-refractivity contribution in [2.45, 2.75) is 39.2 Å². The number of benzene rings is 2. The van der Waals surface area contributed by atoms with Gasteiger partial charge in [-0.15, -0.1) is 0 Å². The Hall–Kier alpha value is -2.46. The second-order valence-electron chi connectivity index (χ2n) is 8.08. The maximum absolute atomic E-state index is 12.7. The van der Waals surface area contributed by atoms with Crippen LogP contribution in [-0.4, -0.2) is 47.7 Å². The van der Waals surface area contributed by atoms with Crippen LogP contribution in [-0.2, 0) is 24.2 Å². The number of carbonyl (C=O) groups excluding carboxylic acids is 2. The summed E-state index contributed by atoms with van der Waals surface area (Å²) < 4.78 is 0. The number of hydrogen-bond acceptors (Lipinski definition) is 3. The number of carbonyl (C=O) groups is 2. The predicted molar refractivity (Wildman–Crippen MR) is 110 cm³/mol. The topological polar surface area (TPSA) is 40.6 Å². The minimum absolute atomic E-state index is 0.356. The van der Waals surface area contributed by atoms with Gasteiger partial charge in [-0.05, 0) is 55.4 Å². The summed E-state index contributed by atoms with van der Waals surface area (Å²) in [6, 6.07) is 14.4. The normalized spacial score (nSPS) is 17.2. The van der Waals surface area contributed by atoms with E-state index in [-0.39, 0.29) is 11.7 Å². The molecule has 2 aromatic carbocycles. The lowest BCUT2D eigenvalue weighted by atomic mass is 9.89. The molecule has 1 amide bonds. The SMILES string of the molecule is Cc1cccc(CN2CCN(C(=O)C(=O)c3ccc4c(c3)CCCC4)CC2)c1. The Bertz CT molecular complexity index is 882. The molecular formula is C24H28N2O2. The van der Waals surface area contributed by atoms with Crippen LogP contribution in [0.15, 0.2) is 42.5 Å². The summed E-state index contributed by atoms with van der Waals surface area (Å²) in [5.41, 5.74) is 5.69. The summed E-state index contributed by atoms with van der Waals surface area (Å²) in [4.78, 5) is 29.5. The predicted octanol–water partition coefficient (Wildman–Crippen LogP) is 3.40. The molecule has 0 aromatic heterocycles. The summed E-state index contributed by atoms with van der Waals surface area (Å²) in [7, 11) is 0. The van der Waals surface area contributed by atoms with E-state index in [1.165, 1.54) is 35.1 Å². The molecule has 146 valence electrons. The molecule has 4 heteroatoms. The van der Waals surface area contributed by atoms with Crippen LogP contribution in [0.4, 0.5) is 0 Å². The highest BCUT2D eigenvalue weighted by atomic mass is 16.2. The van der Waals surface area contributed by atoms with Gasteiger partial charge in [-0.2, -0.15) is 0 Å². The number of ketones is 1. The first kappa shape index (κ1) is 18.9. The molecule has 0 bridgehead atoms. The fourth-order valence-electron chi connectivity index (χ4n) is 4.32. The molecule has 28 heavy (non-hydrogen) atoms. The maximum Gasteiger partial charge on any atom is 0.295 e.